The van der Waals surface area contributed by atoms with Crippen molar-refractivity contribution in [3.05, 3.63) is 71.3 Å². The number of carbonyl (C=O) groups is 1. The third kappa shape index (κ3) is 3.77. The van der Waals surface area contributed by atoms with E-state index in [1.165, 1.54) is 0 Å². The molecule has 3 aromatic rings. The van der Waals surface area contributed by atoms with E-state index in [1.54, 1.807) is 6.07 Å². The molecule has 0 saturated carbocycles. The summed E-state index contributed by atoms with van der Waals surface area (Å²) in [7, 11) is 0. The van der Waals surface area contributed by atoms with E-state index >= 15 is 0 Å². The van der Waals surface area contributed by atoms with Crippen LogP contribution in [-0.2, 0) is 6.54 Å². The van der Waals surface area contributed by atoms with Crippen LogP contribution in [0.1, 0.15) is 29.8 Å². The van der Waals surface area contributed by atoms with Gasteiger partial charge in [-0.15, -0.1) is 0 Å². The lowest BCUT2D eigenvalue weighted by Crippen LogP contribution is -2.23. The van der Waals surface area contributed by atoms with Crippen LogP contribution in [0.3, 0.4) is 0 Å². The zero-order valence-corrected chi connectivity index (χ0v) is 15.1. The summed E-state index contributed by atoms with van der Waals surface area (Å²) in [6, 6.07) is 17.5. The first-order valence-electron chi connectivity index (χ1n) is 8.79. The number of amides is 1. The van der Waals surface area contributed by atoms with Crippen molar-refractivity contribution in [2.75, 3.05) is 18.0 Å². The molecule has 5 nitrogen and oxygen atoms in total. The van der Waals surface area contributed by atoms with E-state index in [-0.39, 0.29) is 5.55 Å². The molecule has 0 aliphatic carbocycles. The molecule has 5 heteroatoms. The predicted molar refractivity (Wildman–Crippen MR) is 104 cm³/mol. The van der Waals surface area contributed by atoms with Crippen LogP contribution in [0.2, 0.25) is 0 Å². The SMILES string of the molecule is CCN(CC)c1ccc2cc(C(N)=O)c(=NCc3ccccc3)oc2c1. The van der Waals surface area contributed by atoms with Crippen molar-refractivity contribution in [3.63, 3.8) is 0 Å². The normalized spacial score (nSPS) is 11.7. The molecular weight excluding hydrogens is 326 g/mol. The molecular formula is C21H23N3O2. The van der Waals surface area contributed by atoms with Gasteiger partial charge in [-0.3, -0.25) is 4.79 Å². The highest BCUT2D eigenvalue weighted by molar-refractivity contribution is 5.95. The maximum atomic E-state index is 11.8. The van der Waals surface area contributed by atoms with Gasteiger partial charge in [-0.1, -0.05) is 30.3 Å². The topological polar surface area (TPSA) is 71.8 Å². The maximum absolute atomic E-state index is 11.8. The van der Waals surface area contributed by atoms with Gasteiger partial charge in [0.2, 0.25) is 5.55 Å². The van der Waals surface area contributed by atoms with Gasteiger partial charge in [0.05, 0.1) is 6.54 Å². The predicted octanol–water partition coefficient (Wildman–Crippen LogP) is 3.48. The Balaban J connectivity index is 2.10. The molecule has 1 amide bonds. The first-order valence-corrected chi connectivity index (χ1v) is 8.79. The minimum absolute atomic E-state index is 0.269. The zero-order valence-electron chi connectivity index (χ0n) is 15.1. The first-order chi connectivity index (χ1) is 12.6. The third-order valence-electron chi connectivity index (χ3n) is 4.38. The summed E-state index contributed by atoms with van der Waals surface area (Å²) >= 11 is 0. The molecule has 0 atom stereocenters. The molecule has 26 heavy (non-hydrogen) atoms. The molecule has 3 rings (SSSR count). The van der Waals surface area contributed by atoms with E-state index < -0.39 is 5.91 Å². The van der Waals surface area contributed by atoms with Crippen molar-refractivity contribution in [2.45, 2.75) is 20.4 Å². The number of benzene rings is 2. The number of rotatable bonds is 6. The van der Waals surface area contributed by atoms with Crippen LogP contribution in [0, 0.1) is 0 Å². The lowest BCUT2D eigenvalue weighted by atomic mass is 10.1. The highest BCUT2D eigenvalue weighted by atomic mass is 16.3. The fraction of sp³-hybridized carbons (Fsp3) is 0.238. The summed E-state index contributed by atoms with van der Waals surface area (Å²) in [5.41, 5.74) is 8.89. The fourth-order valence-electron chi connectivity index (χ4n) is 2.93. The van der Waals surface area contributed by atoms with Gasteiger partial charge in [-0.05, 0) is 37.6 Å². The van der Waals surface area contributed by atoms with Crippen LogP contribution in [0.5, 0.6) is 0 Å². The van der Waals surface area contributed by atoms with Crippen LogP contribution in [0.25, 0.3) is 11.0 Å². The molecule has 1 heterocycles. The maximum Gasteiger partial charge on any atom is 0.254 e. The first kappa shape index (κ1) is 17.7. The molecule has 0 fully saturated rings. The molecule has 0 aliphatic heterocycles. The van der Waals surface area contributed by atoms with E-state index in [2.05, 4.69) is 23.7 Å². The van der Waals surface area contributed by atoms with E-state index in [0.717, 1.165) is 29.7 Å². The number of hydrogen-bond donors (Lipinski definition) is 1. The Morgan fingerprint density at radius 2 is 1.81 bits per heavy atom. The van der Waals surface area contributed by atoms with E-state index in [9.17, 15) is 4.79 Å². The summed E-state index contributed by atoms with van der Waals surface area (Å²) in [4.78, 5) is 18.6. The highest BCUT2D eigenvalue weighted by Crippen LogP contribution is 2.22. The van der Waals surface area contributed by atoms with Gasteiger partial charge in [0.25, 0.3) is 5.91 Å². The summed E-state index contributed by atoms with van der Waals surface area (Å²) in [5, 5.41) is 0.827. The minimum Gasteiger partial charge on any atom is -0.438 e. The smallest absolute Gasteiger partial charge is 0.254 e. The average molecular weight is 349 g/mol. The monoisotopic (exact) mass is 349 g/mol. The molecule has 0 radical (unpaired) electrons. The molecule has 2 N–H and O–H groups in total. The number of nitrogens with two attached hydrogens (primary N) is 1. The van der Waals surface area contributed by atoms with Crippen LogP contribution in [-0.4, -0.2) is 19.0 Å². The number of carbonyl (C=O) groups excluding carboxylic acids is 1. The second-order valence-corrected chi connectivity index (χ2v) is 6.03. The Morgan fingerprint density at radius 3 is 2.46 bits per heavy atom. The molecule has 0 unspecified atom stereocenters. The third-order valence-corrected chi connectivity index (χ3v) is 4.38. The van der Waals surface area contributed by atoms with E-state index in [1.807, 2.05) is 48.5 Å². The van der Waals surface area contributed by atoms with Gasteiger partial charge in [-0.2, -0.15) is 0 Å². The van der Waals surface area contributed by atoms with E-state index in [0.29, 0.717) is 17.7 Å². The van der Waals surface area contributed by atoms with Crippen molar-refractivity contribution in [1.82, 2.24) is 0 Å². The zero-order chi connectivity index (χ0) is 18.5. The van der Waals surface area contributed by atoms with Crippen molar-refractivity contribution >= 4 is 22.6 Å². The second-order valence-electron chi connectivity index (χ2n) is 6.03. The average Bonchev–Trinajstić information content (AvgIpc) is 2.67. The number of fused-ring (bicyclic) bond motifs is 1. The molecule has 134 valence electrons. The summed E-state index contributed by atoms with van der Waals surface area (Å²) < 4.78 is 5.96. The Morgan fingerprint density at radius 1 is 1.08 bits per heavy atom. The number of nitrogens with zero attached hydrogens (tertiary/aromatic N) is 2. The second kappa shape index (κ2) is 7.87. The van der Waals surface area contributed by atoms with Crippen molar-refractivity contribution < 1.29 is 9.21 Å². The van der Waals surface area contributed by atoms with Crippen molar-refractivity contribution in [3.8, 4) is 0 Å². The highest BCUT2D eigenvalue weighted by Gasteiger charge is 2.11. The van der Waals surface area contributed by atoms with Gasteiger partial charge in [0, 0.05) is 30.2 Å². The van der Waals surface area contributed by atoms with Crippen LogP contribution >= 0.6 is 0 Å². The largest absolute Gasteiger partial charge is 0.438 e. The molecule has 0 aliphatic rings. The van der Waals surface area contributed by atoms with Gasteiger partial charge in [0.15, 0.2) is 0 Å². The standard InChI is InChI=1S/C21H23N3O2/c1-3-24(4-2)17-11-10-16-12-18(20(22)25)21(26-19(16)13-17)23-14-15-8-6-5-7-9-15/h5-13H,3-4,14H2,1-2H3,(H2,22,25). The number of anilines is 1. The molecule has 0 saturated heterocycles. The Bertz CT molecular complexity index is 973. The van der Waals surface area contributed by atoms with Gasteiger partial charge >= 0.3 is 0 Å². The van der Waals surface area contributed by atoms with E-state index in [4.69, 9.17) is 10.2 Å². The Hall–Kier alpha value is -3.08. The number of hydrogen-bond acceptors (Lipinski definition) is 4. The molecule has 0 spiro atoms. The molecule has 0 bridgehead atoms. The summed E-state index contributed by atoms with van der Waals surface area (Å²) in [6.07, 6.45) is 0. The molecule has 1 aromatic heterocycles. The molecule has 2 aromatic carbocycles. The minimum atomic E-state index is -0.546. The van der Waals surface area contributed by atoms with Crippen molar-refractivity contribution in [2.24, 2.45) is 10.7 Å². The van der Waals surface area contributed by atoms with Gasteiger partial charge in [0.1, 0.15) is 11.1 Å². The lowest BCUT2D eigenvalue weighted by Gasteiger charge is -2.21. The number of primary amides is 1. The fourth-order valence-corrected chi connectivity index (χ4v) is 2.93. The Kier molecular flexibility index (Phi) is 5.37. The Labute approximate surface area is 152 Å². The quantitative estimate of drug-likeness (QED) is 0.740. The van der Waals surface area contributed by atoms with Gasteiger partial charge in [-0.25, -0.2) is 4.99 Å². The lowest BCUT2D eigenvalue weighted by molar-refractivity contribution is 0.0996. The van der Waals surface area contributed by atoms with Crippen LogP contribution in [0.15, 0.2) is 64.0 Å². The summed E-state index contributed by atoms with van der Waals surface area (Å²) in [6.45, 7) is 6.47. The van der Waals surface area contributed by atoms with Crippen LogP contribution in [0.4, 0.5) is 5.69 Å². The van der Waals surface area contributed by atoms with Crippen LogP contribution < -0.4 is 16.2 Å². The summed E-state index contributed by atoms with van der Waals surface area (Å²) in [5.74, 6) is -0.546. The van der Waals surface area contributed by atoms with Crippen molar-refractivity contribution in [1.29, 1.82) is 0 Å². The van der Waals surface area contributed by atoms with Gasteiger partial charge < -0.3 is 15.1 Å².